The normalized spacial score (nSPS) is 16.1. The van der Waals surface area contributed by atoms with E-state index in [0.29, 0.717) is 37.6 Å². The molecule has 1 aliphatic rings. The topological polar surface area (TPSA) is 86.8 Å². The molecule has 0 aliphatic carbocycles. The van der Waals surface area contributed by atoms with Gasteiger partial charge in [-0.25, -0.2) is 4.98 Å². The lowest BCUT2D eigenvalue weighted by atomic mass is 10.1. The molecule has 8 nitrogen and oxygen atoms in total. The molecule has 1 aromatic heterocycles. The first-order valence-corrected chi connectivity index (χ1v) is 11.2. The third-order valence-electron chi connectivity index (χ3n) is 5.95. The minimum Gasteiger partial charge on any atom is -0.497 e. The summed E-state index contributed by atoms with van der Waals surface area (Å²) in [6.07, 6.45) is 1.65. The molecule has 2 aromatic carbocycles. The average molecular weight is 460 g/mol. The van der Waals surface area contributed by atoms with Crippen molar-refractivity contribution in [2.45, 2.75) is 12.6 Å². The monoisotopic (exact) mass is 459 g/mol. The van der Waals surface area contributed by atoms with Crippen LogP contribution < -0.4 is 15.4 Å². The van der Waals surface area contributed by atoms with Gasteiger partial charge in [0, 0.05) is 45.1 Å². The van der Waals surface area contributed by atoms with E-state index >= 15 is 0 Å². The highest BCUT2D eigenvalue weighted by atomic mass is 16.5. The van der Waals surface area contributed by atoms with Crippen molar-refractivity contribution >= 4 is 23.3 Å². The van der Waals surface area contributed by atoms with Crippen LogP contribution in [0.4, 0.5) is 11.5 Å². The average Bonchev–Trinajstić information content (AvgIpc) is 2.89. The zero-order valence-electron chi connectivity index (χ0n) is 19.4. The summed E-state index contributed by atoms with van der Waals surface area (Å²) in [7, 11) is 3.24. The van der Waals surface area contributed by atoms with E-state index in [9.17, 15) is 9.59 Å². The Balaban J connectivity index is 1.51. The van der Waals surface area contributed by atoms with Crippen molar-refractivity contribution in [3.05, 3.63) is 84.1 Å². The van der Waals surface area contributed by atoms with Crippen LogP contribution in [0.2, 0.25) is 0 Å². The van der Waals surface area contributed by atoms with E-state index in [0.717, 1.165) is 17.0 Å². The van der Waals surface area contributed by atoms with Crippen LogP contribution in [-0.4, -0.2) is 66.4 Å². The van der Waals surface area contributed by atoms with Gasteiger partial charge >= 0.3 is 0 Å². The van der Waals surface area contributed by atoms with E-state index in [4.69, 9.17) is 4.74 Å². The number of amides is 2. The Morgan fingerprint density at radius 1 is 1.03 bits per heavy atom. The SMILES string of the molecule is CNC(=O)C1CN(C(=O)c2cccnc2Nc2ccc(OC)cc2)CCN1Cc1ccccc1. The van der Waals surface area contributed by atoms with E-state index in [1.165, 1.54) is 0 Å². The number of pyridine rings is 1. The van der Waals surface area contributed by atoms with Crippen LogP contribution in [-0.2, 0) is 11.3 Å². The molecule has 3 aromatic rings. The minimum atomic E-state index is -0.433. The van der Waals surface area contributed by atoms with Crippen LogP contribution in [0, 0.1) is 0 Å². The highest BCUT2D eigenvalue weighted by molar-refractivity contribution is 5.99. The van der Waals surface area contributed by atoms with E-state index < -0.39 is 6.04 Å². The second-order valence-electron chi connectivity index (χ2n) is 8.09. The smallest absolute Gasteiger partial charge is 0.257 e. The third-order valence-corrected chi connectivity index (χ3v) is 5.95. The molecule has 1 aliphatic heterocycles. The summed E-state index contributed by atoms with van der Waals surface area (Å²) >= 11 is 0. The first-order chi connectivity index (χ1) is 16.6. The number of ether oxygens (including phenoxy) is 1. The molecule has 176 valence electrons. The van der Waals surface area contributed by atoms with Crippen molar-refractivity contribution < 1.29 is 14.3 Å². The lowest BCUT2D eigenvalue weighted by Crippen LogP contribution is -2.59. The van der Waals surface area contributed by atoms with Crippen molar-refractivity contribution in [3.63, 3.8) is 0 Å². The predicted molar refractivity (Wildman–Crippen MR) is 131 cm³/mol. The van der Waals surface area contributed by atoms with Gasteiger partial charge < -0.3 is 20.3 Å². The fourth-order valence-corrected chi connectivity index (χ4v) is 4.09. The van der Waals surface area contributed by atoms with Gasteiger partial charge in [0.05, 0.1) is 12.7 Å². The number of hydrogen-bond donors (Lipinski definition) is 2. The zero-order chi connectivity index (χ0) is 23.9. The highest BCUT2D eigenvalue weighted by Gasteiger charge is 2.34. The minimum absolute atomic E-state index is 0.101. The molecule has 4 rings (SSSR count). The number of anilines is 2. The molecule has 1 unspecified atom stereocenters. The van der Waals surface area contributed by atoms with Crippen LogP contribution in [0.5, 0.6) is 5.75 Å². The Morgan fingerprint density at radius 3 is 2.50 bits per heavy atom. The fraction of sp³-hybridized carbons (Fsp3) is 0.269. The van der Waals surface area contributed by atoms with Gasteiger partial charge in [0.1, 0.15) is 17.6 Å². The van der Waals surface area contributed by atoms with E-state index in [1.54, 1.807) is 37.4 Å². The summed E-state index contributed by atoms with van der Waals surface area (Å²) in [6.45, 7) is 2.08. The second kappa shape index (κ2) is 10.8. The Bertz CT molecular complexity index is 1120. The summed E-state index contributed by atoms with van der Waals surface area (Å²) in [5, 5.41) is 5.98. The number of carbonyl (C=O) groups excluding carboxylic acids is 2. The molecule has 1 atom stereocenters. The molecule has 0 saturated carbocycles. The van der Waals surface area contributed by atoms with Crippen molar-refractivity contribution in [1.29, 1.82) is 0 Å². The number of aromatic nitrogens is 1. The second-order valence-corrected chi connectivity index (χ2v) is 8.09. The van der Waals surface area contributed by atoms with E-state index in [1.807, 2.05) is 54.6 Å². The predicted octanol–water partition coefficient (Wildman–Crippen LogP) is 2.91. The van der Waals surface area contributed by atoms with Crippen LogP contribution in [0.25, 0.3) is 0 Å². The summed E-state index contributed by atoms with van der Waals surface area (Å²) in [5.41, 5.74) is 2.39. The molecular formula is C26H29N5O3. The van der Waals surface area contributed by atoms with Gasteiger partial charge in [0.2, 0.25) is 5.91 Å². The largest absolute Gasteiger partial charge is 0.497 e. The molecule has 0 spiro atoms. The summed E-state index contributed by atoms with van der Waals surface area (Å²) in [4.78, 5) is 34.5. The number of methoxy groups -OCH3 is 1. The van der Waals surface area contributed by atoms with Gasteiger partial charge in [0.15, 0.2) is 0 Å². The molecule has 2 amide bonds. The first-order valence-electron chi connectivity index (χ1n) is 11.2. The standard InChI is InChI=1S/C26H29N5O3/c1-27-25(32)23-18-31(16-15-30(23)17-19-7-4-3-5-8-19)26(33)22-9-6-14-28-24(22)29-20-10-12-21(34-2)13-11-20/h3-14,23H,15-18H2,1-2H3,(H,27,32)(H,28,29). The molecule has 1 fully saturated rings. The molecule has 8 heteroatoms. The lowest BCUT2D eigenvalue weighted by Gasteiger charge is -2.40. The molecule has 0 radical (unpaired) electrons. The quantitative estimate of drug-likeness (QED) is 0.565. The molecule has 0 bridgehead atoms. The molecule has 34 heavy (non-hydrogen) atoms. The number of hydrogen-bond acceptors (Lipinski definition) is 6. The number of nitrogens with zero attached hydrogens (tertiary/aromatic N) is 3. The summed E-state index contributed by atoms with van der Waals surface area (Å²) in [5.74, 6) is 0.964. The Kier molecular flexibility index (Phi) is 7.39. The van der Waals surface area contributed by atoms with Gasteiger partial charge in [-0.3, -0.25) is 14.5 Å². The van der Waals surface area contributed by atoms with E-state index in [2.05, 4.69) is 20.5 Å². The number of nitrogens with one attached hydrogen (secondary N) is 2. The van der Waals surface area contributed by atoms with Crippen LogP contribution in [0.3, 0.4) is 0 Å². The number of piperazine rings is 1. The lowest BCUT2D eigenvalue weighted by molar-refractivity contribution is -0.128. The number of carbonyl (C=O) groups is 2. The van der Waals surface area contributed by atoms with Gasteiger partial charge in [-0.2, -0.15) is 0 Å². The molecular weight excluding hydrogens is 430 g/mol. The van der Waals surface area contributed by atoms with Crippen molar-refractivity contribution in [1.82, 2.24) is 20.1 Å². The Hall–Kier alpha value is -3.91. The number of rotatable bonds is 7. The maximum atomic E-state index is 13.5. The highest BCUT2D eigenvalue weighted by Crippen LogP contribution is 2.24. The molecule has 2 N–H and O–H groups in total. The maximum absolute atomic E-state index is 13.5. The van der Waals surface area contributed by atoms with Crippen LogP contribution in [0.15, 0.2) is 72.9 Å². The molecule has 1 saturated heterocycles. The first kappa shape index (κ1) is 23.3. The van der Waals surface area contributed by atoms with Gasteiger partial charge in [-0.1, -0.05) is 30.3 Å². The van der Waals surface area contributed by atoms with Crippen molar-refractivity contribution in [3.8, 4) is 5.75 Å². The number of benzene rings is 2. The Labute approximate surface area is 199 Å². The van der Waals surface area contributed by atoms with Crippen molar-refractivity contribution in [2.24, 2.45) is 0 Å². The molecule has 2 heterocycles. The number of likely N-dealkylation sites (N-methyl/N-ethyl adjacent to an activating group) is 1. The zero-order valence-corrected chi connectivity index (χ0v) is 19.4. The Morgan fingerprint density at radius 2 is 1.79 bits per heavy atom. The van der Waals surface area contributed by atoms with Crippen LogP contribution >= 0.6 is 0 Å². The van der Waals surface area contributed by atoms with Gasteiger partial charge in [-0.15, -0.1) is 0 Å². The van der Waals surface area contributed by atoms with Crippen LogP contribution in [0.1, 0.15) is 15.9 Å². The fourth-order valence-electron chi connectivity index (χ4n) is 4.09. The van der Waals surface area contributed by atoms with Crippen molar-refractivity contribution in [2.75, 3.05) is 39.1 Å². The third kappa shape index (κ3) is 5.35. The van der Waals surface area contributed by atoms with Gasteiger partial charge in [0.25, 0.3) is 5.91 Å². The summed E-state index contributed by atoms with van der Waals surface area (Å²) in [6, 6.07) is 20.5. The van der Waals surface area contributed by atoms with Gasteiger partial charge in [-0.05, 0) is 42.0 Å². The van der Waals surface area contributed by atoms with E-state index in [-0.39, 0.29) is 11.8 Å². The summed E-state index contributed by atoms with van der Waals surface area (Å²) < 4.78 is 5.20. The maximum Gasteiger partial charge on any atom is 0.257 e.